The third kappa shape index (κ3) is 3.78. The van der Waals surface area contributed by atoms with Gasteiger partial charge in [-0.05, 0) is 17.5 Å². The lowest BCUT2D eigenvalue weighted by molar-refractivity contribution is 0.137. The Morgan fingerprint density at radius 2 is 1.20 bits per heavy atom. The molecule has 108 valence electrons. The van der Waals surface area contributed by atoms with Crippen molar-refractivity contribution in [3.63, 3.8) is 0 Å². The van der Waals surface area contributed by atoms with Crippen LogP contribution in [0.3, 0.4) is 0 Å². The molecule has 0 atom stereocenters. The molecule has 5 heteroatoms. The Labute approximate surface area is 118 Å². The molecule has 0 heterocycles. The normalized spacial score (nSPS) is 9.60. The molecule has 0 aromatic heterocycles. The first kappa shape index (κ1) is 15.6. The van der Waals surface area contributed by atoms with Gasteiger partial charge in [0.25, 0.3) is 0 Å². The summed E-state index contributed by atoms with van der Waals surface area (Å²) in [5.74, 6) is 0. The predicted octanol–water partition coefficient (Wildman–Crippen LogP) is 3.19. The van der Waals surface area contributed by atoms with E-state index in [0.717, 1.165) is 0 Å². The van der Waals surface area contributed by atoms with Crippen LogP contribution in [0.5, 0.6) is 0 Å². The third-order valence-corrected chi connectivity index (χ3v) is 2.82. The summed E-state index contributed by atoms with van der Waals surface area (Å²) in [7, 11) is 8.34. The van der Waals surface area contributed by atoms with Gasteiger partial charge in [-0.2, -0.15) is 0 Å². The number of anilines is 2. The number of benzene rings is 2. The Morgan fingerprint density at radius 3 is 1.50 bits per heavy atom. The lowest BCUT2D eigenvalue weighted by Crippen LogP contribution is -2.13. The SMILES string of the molecule is CN(C)c1cccc2cccc(N(C)C)c12.O=C(O)O. The summed E-state index contributed by atoms with van der Waals surface area (Å²) in [5.41, 5.74) is 2.53. The summed E-state index contributed by atoms with van der Waals surface area (Å²) in [6.07, 6.45) is -1.83. The quantitative estimate of drug-likeness (QED) is 0.882. The molecule has 0 bridgehead atoms. The van der Waals surface area contributed by atoms with E-state index in [9.17, 15) is 0 Å². The van der Waals surface area contributed by atoms with Crippen molar-refractivity contribution >= 4 is 28.3 Å². The maximum atomic E-state index is 8.56. The van der Waals surface area contributed by atoms with Crippen LogP contribution in [0.1, 0.15) is 0 Å². The fourth-order valence-corrected chi connectivity index (χ4v) is 2.05. The Kier molecular flexibility index (Phi) is 5.20. The van der Waals surface area contributed by atoms with Gasteiger partial charge in [0.2, 0.25) is 0 Å². The van der Waals surface area contributed by atoms with Gasteiger partial charge in [0.05, 0.1) is 0 Å². The van der Waals surface area contributed by atoms with Gasteiger partial charge in [-0.1, -0.05) is 24.3 Å². The van der Waals surface area contributed by atoms with Crippen LogP contribution in [0.15, 0.2) is 36.4 Å². The number of nitrogens with zero attached hydrogens (tertiary/aromatic N) is 2. The van der Waals surface area contributed by atoms with Gasteiger partial charge < -0.3 is 20.0 Å². The number of carboxylic acid groups (broad SMARTS) is 2. The predicted molar refractivity (Wildman–Crippen MR) is 83.3 cm³/mol. The Morgan fingerprint density at radius 1 is 0.850 bits per heavy atom. The molecule has 2 rings (SSSR count). The summed E-state index contributed by atoms with van der Waals surface area (Å²) in [6.45, 7) is 0. The molecule has 0 aliphatic rings. The molecule has 2 aromatic carbocycles. The molecule has 5 nitrogen and oxygen atoms in total. The molecule has 0 saturated carbocycles. The maximum Gasteiger partial charge on any atom is 0.503 e. The highest BCUT2D eigenvalue weighted by Crippen LogP contribution is 2.33. The number of fused-ring (bicyclic) bond motifs is 1. The summed E-state index contributed by atoms with van der Waals surface area (Å²) in [4.78, 5) is 12.9. The fourth-order valence-electron chi connectivity index (χ4n) is 2.05. The summed E-state index contributed by atoms with van der Waals surface area (Å²) in [6, 6.07) is 12.9. The van der Waals surface area contributed by atoms with E-state index in [1.807, 2.05) is 0 Å². The fraction of sp³-hybridized carbons (Fsp3) is 0.267. The smallest absolute Gasteiger partial charge is 0.450 e. The number of carbonyl (C=O) groups is 1. The van der Waals surface area contributed by atoms with Crippen molar-refractivity contribution in [2.24, 2.45) is 0 Å². The second kappa shape index (κ2) is 6.65. The van der Waals surface area contributed by atoms with E-state index in [1.165, 1.54) is 22.1 Å². The van der Waals surface area contributed by atoms with E-state index < -0.39 is 6.16 Å². The van der Waals surface area contributed by atoms with Crippen molar-refractivity contribution in [1.29, 1.82) is 0 Å². The minimum Gasteiger partial charge on any atom is -0.450 e. The Bertz CT molecular complexity index is 548. The summed E-state index contributed by atoms with van der Waals surface area (Å²) in [5, 5.41) is 16.6. The van der Waals surface area contributed by atoms with Crippen LogP contribution in [0.4, 0.5) is 16.2 Å². The molecule has 0 aliphatic carbocycles. The first-order chi connectivity index (χ1) is 9.34. The van der Waals surface area contributed by atoms with E-state index in [2.05, 4.69) is 74.4 Å². The monoisotopic (exact) mass is 276 g/mol. The standard InChI is InChI=1S/C14H18N2.CH2O3/c1-15(2)12-9-5-7-11-8-6-10-13(14(11)12)16(3)4;2-1(3)4/h5-10H,1-4H3;(H2,2,3,4). The Hall–Kier alpha value is -2.43. The van der Waals surface area contributed by atoms with Crippen molar-refractivity contribution in [2.45, 2.75) is 0 Å². The first-order valence-electron chi connectivity index (χ1n) is 6.13. The van der Waals surface area contributed by atoms with Crippen LogP contribution < -0.4 is 9.80 Å². The molecule has 0 amide bonds. The van der Waals surface area contributed by atoms with E-state index >= 15 is 0 Å². The van der Waals surface area contributed by atoms with Crippen LogP contribution in [0, 0.1) is 0 Å². The topological polar surface area (TPSA) is 64.0 Å². The van der Waals surface area contributed by atoms with Gasteiger partial charge in [0.1, 0.15) is 0 Å². The molecule has 0 unspecified atom stereocenters. The first-order valence-corrected chi connectivity index (χ1v) is 6.13. The molecular formula is C15H20N2O3. The highest BCUT2D eigenvalue weighted by molar-refractivity contribution is 6.03. The van der Waals surface area contributed by atoms with E-state index in [-0.39, 0.29) is 0 Å². The lowest BCUT2D eigenvalue weighted by atomic mass is 10.1. The van der Waals surface area contributed by atoms with Gasteiger partial charge in [-0.25, -0.2) is 4.79 Å². The molecule has 0 saturated heterocycles. The van der Waals surface area contributed by atoms with Crippen molar-refractivity contribution in [3.05, 3.63) is 36.4 Å². The zero-order chi connectivity index (χ0) is 15.3. The summed E-state index contributed by atoms with van der Waals surface area (Å²) >= 11 is 0. The molecule has 0 aliphatic heterocycles. The molecular weight excluding hydrogens is 256 g/mol. The molecule has 2 aromatic rings. The van der Waals surface area contributed by atoms with E-state index in [4.69, 9.17) is 15.0 Å². The average molecular weight is 276 g/mol. The lowest BCUT2D eigenvalue weighted by Gasteiger charge is -2.21. The number of hydrogen-bond acceptors (Lipinski definition) is 3. The van der Waals surface area contributed by atoms with Crippen molar-refractivity contribution < 1.29 is 15.0 Å². The zero-order valence-corrected chi connectivity index (χ0v) is 12.2. The molecule has 0 fully saturated rings. The molecule has 0 spiro atoms. The van der Waals surface area contributed by atoms with Crippen molar-refractivity contribution in [1.82, 2.24) is 0 Å². The van der Waals surface area contributed by atoms with Crippen LogP contribution in [0.25, 0.3) is 10.8 Å². The van der Waals surface area contributed by atoms with Crippen LogP contribution in [0.2, 0.25) is 0 Å². The highest BCUT2D eigenvalue weighted by Gasteiger charge is 2.08. The van der Waals surface area contributed by atoms with Gasteiger partial charge in [-0.3, -0.25) is 0 Å². The van der Waals surface area contributed by atoms with Gasteiger partial charge in [0, 0.05) is 45.0 Å². The van der Waals surface area contributed by atoms with Gasteiger partial charge in [-0.15, -0.1) is 0 Å². The van der Waals surface area contributed by atoms with Crippen LogP contribution in [-0.2, 0) is 0 Å². The zero-order valence-electron chi connectivity index (χ0n) is 12.2. The largest absolute Gasteiger partial charge is 0.503 e. The van der Waals surface area contributed by atoms with Crippen LogP contribution in [-0.4, -0.2) is 44.6 Å². The molecule has 2 N–H and O–H groups in total. The van der Waals surface area contributed by atoms with Crippen molar-refractivity contribution in [2.75, 3.05) is 38.0 Å². The summed E-state index contributed by atoms with van der Waals surface area (Å²) < 4.78 is 0. The second-order valence-corrected chi connectivity index (χ2v) is 4.72. The van der Waals surface area contributed by atoms with Crippen molar-refractivity contribution in [3.8, 4) is 0 Å². The average Bonchev–Trinajstić information content (AvgIpc) is 2.36. The molecule has 0 radical (unpaired) electrons. The van der Waals surface area contributed by atoms with E-state index in [1.54, 1.807) is 0 Å². The van der Waals surface area contributed by atoms with Crippen LogP contribution >= 0.6 is 0 Å². The highest BCUT2D eigenvalue weighted by atomic mass is 16.6. The van der Waals surface area contributed by atoms with E-state index in [0.29, 0.717) is 0 Å². The number of hydrogen-bond donors (Lipinski definition) is 2. The second-order valence-electron chi connectivity index (χ2n) is 4.72. The number of rotatable bonds is 2. The minimum absolute atomic E-state index is 1.27. The molecule has 20 heavy (non-hydrogen) atoms. The van der Waals surface area contributed by atoms with Gasteiger partial charge in [0.15, 0.2) is 0 Å². The Balaban J connectivity index is 0.000000444. The minimum atomic E-state index is -1.83. The van der Waals surface area contributed by atoms with Gasteiger partial charge >= 0.3 is 6.16 Å². The third-order valence-electron chi connectivity index (χ3n) is 2.82. The maximum absolute atomic E-state index is 8.56.